The topological polar surface area (TPSA) is 29.1 Å². The fraction of sp³-hybridized carbons (Fsp3) is 0.552. The summed E-state index contributed by atoms with van der Waals surface area (Å²) in [6, 6.07) is 14.6. The van der Waals surface area contributed by atoms with Crippen LogP contribution in [-0.4, -0.2) is 35.6 Å². The first kappa shape index (κ1) is 28.2. The van der Waals surface area contributed by atoms with Gasteiger partial charge < -0.3 is 9.80 Å². The monoisotopic (exact) mass is 524 g/mol. The van der Waals surface area contributed by atoms with E-state index in [2.05, 4.69) is 64.2 Å². The van der Waals surface area contributed by atoms with Crippen LogP contribution in [0.3, 0.4) is 0 Å². The third-order valence-corrected chi connectivity index (χ3v) is 7.89. The van der Waals surface area contributed by atoms with Crippen molar-refractivity contribution in [2.75, 3.05) is 25.0 Å². The number of carbonyl (C=O) groups excluding carboxylic acids is 1. The minimum absolute atomic E-state index is 0. The fourth-order valence-electron chi connectivity index (χ4n) is 5.91. The molecule has 2 aromatic carbocycles. The molecule has 1 aliphatic carbocycles. The van der Waals surface area contributed by atoms with E-state index in [1.165, 1.54) is 67.4 Å². The van der Waals surface area contributed by atoms with Gasteiger partial charge in [0.15, 0.2) is 5.54 Å². The van der Waals surface area contributed by atoms with E-state index >= 15 is 0 Å². The number of anilines is 1. The Balaban J connectivity index is 0.000000413. The summed E-state index contributed by atoms with van der Waals surface area (Å²) in [7, 11) is 0. The molecule has 2 aromatic rings. The summed E-state index contributed by atoms with van der Waals surface area (Å²) in [5, 5.41) is 3.37. The van der Waals surface area contributed by atoms with Crippen molar-refractivity contribution in [2.45, 2.75) is 85.1 Å². The summed E-state index contributed by atoms with van der Waals surface area (Å²) in [6.45, 7) is 14.2. The summed E-state index contributed by atoms with van der Waals surface area (Å²) in [4.78, 5) is 13.6. The van der Waals surface area contributed by atoms with E-state index in [4.69, 9.17) is 0 Å². The van der Waals surface area contributed by atoms with Crippen molar-refractivity contribution in [3.63, 3.8) is 0 Å². The van der Waals surface area contributed by atoms with Crippen LogP contribution in [-0.2, 0) is 37.5 Å². The molecule has 0 unspecified atom stereocenters. The van der Waals surface area contributed by atoms with Gasteiger partial charge in [-0.15, -0.1) is 0 Å². The van der Waals surface area contributed by atoms with E-state index in [1.54, 1.807) is 0 Å². The predicted octanol–water partition coefficient (Wildman–Crippen LogP) is 6.88. The number of amides is 1. The predicted molar refractivity (Wildman–Crippen MR) is 136 cm³/mol. The van der Waals surface area contributed by atoms with Crippen molar-refractivity contribution in [3.8, 4) is 0 Å². The molecule has 1 N–H and O–H groups in total. The number of nitrogens with one attached hydrogen (secondary N) is 1. The van der Waals surface area contributed by atoms with Gasteiger partial charge in [0.05, 0.1) is 19.6 Å². The molecule has 1 radical (unpaired) electrons. The molecule has 1 saturated heterocycles. The Bertz CT molecular complexity index is 874. The van der Waals surface area contributed by atoms with Crippen molar-refractivity contribution in [2.24, 2.45) is 0 Å². The zero-order valence-electron chi connectivity index (χ0n) is 21.5. The zero-order valence-corrected chi connectivity index (χ0v) is 24.4. The van der Waals surface area contributed by atoms with E-state index in [9.17, 15) is 4.79 Å². The number of hydrogen-bond donors (Lipinski definition) is 1. The number of hydrogen-bond acceptors (Lipinski definition) is 1. The number of nitrogens with zero attached hydrogens (tertiary/aromatic N) is 1. The van der Waals surface area contributed by atoms with Crippen molar-refractivity contribution in [3.05, 3.63) is 64.7 Å². The molecule has 2 aliphatic rings. The van der Waals surface area contributed by atoms with Gasteiger partial charge >= 0.3 is 0 Å². The number of aryl methyl sites for hydroxylation is 4. The molecule has 3 nitrogen and oxygen atoms in total. The molecule has 1 amide bonds. The van der Waals surface area contributed by atoms with Gasteiger partial charge in [0.1, 0.15) is 0 Å². The Kier molecular flexibility index (Phi) is 10.8. The Morgan fingerprint density at radius 2 is 1.39 bits per heavy atom. The Morgan fingerprint density at radius 3 is 1.79 bits per heavy atom. The number of likely N-dealkylation sites (tertiary alicyclic amines) is 1. The first-order valence-corrected chi connectivity index (χ1v) is 12.6. The van der Waals surface area contributed by atoms with Crippen LogP contribution in [0.1, 0.15) is 74.1 Å². The van der Waals surface area contributed by atoms with E-state index in [0.717, 1.165) is 29.6 Å². The van der Waals surface area contributed by atoms with Gasteiger partial charge in [-0.1, -0.05) is 53.6 Å². The second-order valence-corrected chi connectivity index (χ2v) is 10.1. The minimum atomic E-state index is -0.192. The summed E-state index contributed by atoms with van der Waals surface area (Å²) in [5.41, 5.74) is 5.78. The van der Waals surface area contributed by atoms with Gasteiger partial charge in [-0.05, 0) is 77.8 Å². The quantitative estimate of drug-likeness (QED) is 0.434. The molecule has 1 saturated carbocycles. The second-order valence-electron chi connectivity index (χ2n) is 10.1. The number of likely N-dealkylation sites (N-methyl/N-ethyl adjacent to an activating group) is 1. The first-order valence-electron chi connectivity index (χ1n) is 12.6. The maximum Gasteiger partial charge on any atom is 0.285 e. The van der Waals surface area contributed by atoms with Crippen molar-refractivity contribution in [1.82, 2.24) is 0 Å². The van der Waals surface area contributed by atoms with E-state index < -0.39 is 0 Å². The van der Waals surface area contributed by atoms with Crippen molar-refractivity contribution in [1.29, 1.82) is 0 Å². The Morgan fingerprint density at radius 1 is 0.848 bits per heavy atom. The van der Waals surface area contributed by atoms with Crippen LogP contribution < -0.4 is 5.32 Å². The number of carbonyl (C=O) groups is 1. The van der Waals surface area contributed by atoms with E-state index in [1.807, 2.05) is 18.2 Å². The number of benzene rings is 2. The molecule has 0 aromatic heterocycles. The van der Waals surface area contributed by atoms with Crippen LogP contribution in [0.4, 0.5) is 5.69 Å². The van der Waals surface area contributed by atoms with Crippen LogP contribution in [0, 0.1) is 27.7 Å². The normalized spacial score (nSPS) is 18.5. The molecule has 0 atom stereocenters. The largest absolute Gasteiger partial charge is 0.320 e. The van der Waals surface area contributed by atoms with Gasteiger partial charge in [0.25, 0.3) is 5.91 Å². The average molecular weight is 525 g/mol. The molecule has 33 heavy (non-hydrogen) atoms. The molecule has 0 spiro atoms. The minimum Gasteiger partial charge on any atom is -0.320 e. The summed E-state index contributed by atoms with van der Waals surface area (Å²) in [6.07, 6.45) is 8.49. The van der Waals surface area contributed by atoms with Gasteiger partial charge in [-0.2, -0.15) is 0 Å². The van der Waals surface area contributed by atoms with Crippen molar-refractivity contribution >= 4 is 11.6 Å². The van der Waals surface area contributed by atoms with Gasteiger partial charge in [0.2, 0.25) is 0 Å². The van der Waals surface area contributed by atoms with Crippen LogP contribution in [0.15, 0.2) is 42.5 Å². The molecule has 4 heteroatoms. The number of rotatable bonds is 4. The van der Waals surface area contributed by atoms with Crippen LogP contribution in [0.25, 0.3) is 0 Å². The zero-order chi connectivity index (χ0) is 23.2. The number of quaternary nitrogens is 1. The van der Waals surface area contributed by atoms with Crippen LogP contribution in [0.2, 0.25) is 0 Å². The maximum atomic E-state index is 13.6. The molecule has 0 bridgehead atoms. The van der Waals surface area contributed by atoms with Gasteiger partial charge in [-0.25, -0.2) is 0 Å². The molecule has 1 heterocycles. The Hall–Kier alpha value is -1.03. The van der Waals surface area contributed by atoms with Crippen LogP contribution >= 0.6 is 0 Å². The molecule has 177 valence electrons. The van der Waals surface area contributed by atoms with Crippen molar-refractivity contribution < 1.29 is 42.0 Å². The van der Waals surface area contributed by atoms with Gasteiger partial charge in [-0.3, -0.25) is 4.79 Å². The second kappa shape index (κ2) is 12.6. The van der Waals surface area contributed by atoms with Crippen LogP contribution in [0.5, 0.6) is 0 Å². The Labute approximate surface area is 227 Å². The standard InChI is InChI=1S/C22H34N2O.C7H8.Y/c1-5-24(13-8-6-7-9-14-24)22(11-10-12-22)21(25)23-20-18(3)15-17(2)16-19(20)4;1-7-5-3-2-4-6-7;/h15-16H,5-14H2,1-4H3;2-6H,1H3;/p+1. The van der Waals surface area contributed by atoms with E-state index in [-0.39, 0.29) is 44.2 Å². The molecule has 1 aliphatic heterocycles. The fourth-order valence-corrected chi connectivity index (χ4v) is 5.91. The molecular formula is C29H43N2OY+. The third kappa shape index (κ3) is 6.35. The summed E-state index contributed by atoms with van der Waals surface area (Å²) < 4.78 is 1.02. The molecule has 2 fully saturated rings. The molecular weight excluding hydrogens is 481 g/mol. The van der Waals surface area contributed by atoms with Gasteiger partial charge in [0, 0.05) is 51.2 Å². The average Bonchev–Trinajstić information content (AvgIpc) is 2.98. The summed E-state index contributed by atoms with van der Waals surface area (Å²) in [5.74, 6) is 0.276. The summed E-state index contributed by atoms with van der Waals surface area (Å²) >= 11 is 0. The SMILES string of the molecule is CC[N+]1(C2(C(=O)Nc3c(C)cc(C)cc3C)CCC2)CCCCCC1.Cc1ccccc1.[Y]. The van der Waals surface area contributed by atoms with E-state index in [0.29, 0.717) is 0 Å². The smallest absolute Gasteiger partial charge is 0.285 e. The third-order valence-electron chi connectivity index (χ3n) is 7.89. The first-order chi connectivity index (χ1) is 15.3. The molecule has 4 rings (SSSR count). The maximum absolute atomic E-state index is 13.6.